The van der Waals surface area contributed by atoms with E-state index in [0.717, 1.165) is 0 Å². The van der Waals surface area contributed by atoms with Gasteiger partial charge in [-0.3, -0.25) is 4.79 Å². The lowest BCUT2D eigenvalue weighted by molar-refractivity contribution is -0.152. The van der Waals surface area contributed by atoms with E-state index in [4.69, 9.17) is 18.9 Å². The van der Waals surface area contributed by atoms with Gasteiger partial charge in [0.25, 0.3) is 5.91 Å². The average Bonchev–Trinajstić information content (AvgIpc) is 2.72. The van der Waals surface area contributed by atoms with Gasteiger partial charge in [0.05, 0.1) is 13.7 Å². The molecule has 2 aromatic rings. The number of esters is 1. The first-order valence-electron chi connectivity index (χ1n) is 9.00. The number of benzene rings is 2. The van der Waals surface area contributed by atoms with E-state index in [2.05, 4.69) is 5.32 Å². The molecule has 0 fully saturated rings. The van der Waals surface area contributed by atoms with Gasteiger partial charge in [0.1, 0.15) is 18.1 Å². The normalized spacial score (nSPS) is 11.4. The van der Waals surface area contributed by atoms with E-state index in [1.54, 1.807) is 62.6 Å². The minimum atomic E-state index is -0.763. The standard InChI is InChI=1S/C21H25NO6/c1-4-26-13-14-27-21(24)15(2)28-19-9-5-16(6-10-19)20(23)22-17-7-11-18(25-3)12-8-17/h5-12,15H,4,13-14H2,1-3H3,(H,22,23). The van der Waals surface area contributed by atoms with Gasteiger partial charge in [0, 0.05) is 17.9 Å². The summed E-state index contributed by atoms with van der Waals surface area (Å²) in [5, 5.41) is 2.80. The number of rotatable bonds is 10. The lowest BCUT2D eigenvalue weighted by atomic mass is 10.2. The molecule has 0 bridgehead atoms. The van der Waals surface area contributed by atoms with E-state index in [-0.39, 0.29) is 12.5 Å². The van der Waals surface area contributed by atoms with Crippen molar-refractivity contribution >= 4 is 17.6 Å². The maximum atomic E-state index is 12.3. The number of nitrogens with one attached hydrogen (secondary N) is 1. The van der Waals surface area contributed by atoms with Crippen LogP contribution in [0.5, 0.6) is 11.5 Å². The monoisotopic (exact) mass is 387 g/mol. The quantitative estimate of drug-likeness (QED) is 0.498. The van der Waals surface area contributed by atoms with Crippen LogP contribution in [0.4, 0.5) is 5.69 Å². The van der Waals surface area contributed by atoms with Crippen molar-refractivity contribution in [2.45, 2.75) is 20.0 Å². The SMILES string of the molecule is CCOCCOC(=O)C(C)Oc1ccc(C(=O)Nc2ccc(OC)cc2)cc1. The van der Waals surface area contributed by atoms with Gasteiger partial charge in [-0.1, -0.05) is 0 Å². The molecular formula is C21H25NO6. The summed E-state index contributed by atoms with van der Waals surface area (Å²) in [6.07, 6.45) is -0.763. The maximum absolute atomic E-state index is 12.3. The molecule has 0 saturated carbocycles. The molecule has 1 amide bonds. The first-order chi connectivity index (χ1) is 13.5. The highest BCUT2D eigenvalue weighted by molar-refractivity contribution is 6.04. The molecule has 0 aliphatic heterocycles. The first-order valence-corrected chi connectivity index (χ1v) is 9.00. The predicted molar refractivity (Wildman–Crippen MR) is 105 cm³/mol. The molecule has 0 saturated heterocycles. The largest absolute Gasteiger partial charge is 0.497 e. The fourth-order valence-electron chi connectivity index (χ4n) is 2.28. The zero-order valence-corrected chi connectivity index (χ0v) is 16.3. The third-order valence-corrected chi connectivity index (χ3v) is 3.79. The lowest BCUT2D eigenvalue weighted by Crippen LogP contribution is -2.27. The van der Waals surface area contributed by atoms with E-state index in [1.807, 2.05) is 6.92 Å². The molecule has 1 N–H and O–H groups in total. The van der Waals surface area contributed by atoms with Crippen LogP contribution in [-0.4, -0.2) is 44.9 Å². The fraction of sp³-hybridized carbons (Fsp3) is 0.333. The Morgan fingerprint density at radius 2 is 1.61 bits per heavy atom. The molecule has 0 spiro atoms. The van der Waals surface area contributed by atoms with Gasteiger partial charge in [-0.25, -0.2) is 4.79 Å². The highest BCUT2D eigenvalue weighted by atomic mass is 16.6. The number of amides is 1. The van der Waals surface area contributed by atoms with Crippen LogP contribution in [0.1, 0.15) is 24.2 Å². The molecule has 1 unspecified atom stereocenters. The zero-order valence-electron chi connectivity index (χ0n) is 16.3. The Morgan fingerprint density at radius 3 is 2.21 bits per heavy atom. The Hall–Kier alpha value is -3.06. The van der Waals surface area contributed by atoms with E-state index >= 15 is 0 Å². The number of methoxy groups -OCH3 is 1. The summed E-state index contributed by atoms with van der Waals surface area (Å²) in [6.45, 7) is 4.58. The Morgan fingerprint density at radius 1 is 0.964 bits per heavy atom. The van der Waals surface area contributed by atoms with Crippen molar-refractivity contribution in [1.29, 1.82) is 0 Å². The highest BCUT2D eigenvalue weighted by Crippen LogP contribution is 2.18. The molecular weight excluding hydrogens is 362 g/mol. The van der Waals surface area contributed by atoms with Crippen LogP contribution < -0.4 is 14.8 Å². The van der Waals surface area contributed by atoms with E-state index < -0.39 is 12.1 Å². The second kappa shape index (κ2) is 10.9. The van der Waals surface area contributed by atoms with Gasteiger partial charge in [-0.15, -0.1) is 0 Å². The van der Waals surface area contributed by atoms with Gasteiger partial charge in [0.2, 0.25) is 0 Å². The van der Waals surface area contributed by atoms with Crippen molar-refractivity contribution in [3.05, 3.63) is 54.1 Å². The molecule has 7 nitrogen and oxygen atoms in total. The van der Waals surface area contributed by atoms with E-state index in [1.165, 1.54) is 0 Å². The number of carbonyl (C=O) groups excluding carboxylic acids is 2. The van der Waals surface area contributed by atoms with Crippen molar-refractivity contribution < 1.29 is 28.5 Å². The summed E-state index contributed by atoms with van der Waals surface area (Å²) in [5.74, 6) is 0.460. The van der Waals surface area contributed by atoms with Crippen molar-refractivity contribution in [3.63, 3.8) is 0 Å². The van der Waals surface area contributed by atoms with Crippen molar-refractivity contribution in [2.75, 3.05) is 32.2 Å². The van der Waals surface area contributed by atoms with E-state index in [9.17, 15) is 9.59 Å². The van der Waals surface area contributed by atoms with Gasteiger partial charge < -0.3 is 24.3 Å². The summed E-state index contributed by atoms with van der Waals surface area (Å²) in [5.41, 5.74) is 1.13. The lowest BCUT2D eigenvalue weighted by Gasteiger charge is -2.14. The van der Waals surface area contributed by atoms with Gasteiger partial charge in [-0.2, -0.15) is 0 Å². The number of hydrogen-bond donors (Lipinski definition) is 1. The smallest absolute Gasteiger partial charge is 0.347 e. The molecule has 0 aromatic heterocycles. The zero-order chi connectivity index (χ0) is 20.4. The third kappa shape index (κ3) is 6.59. The van der Waals surface area contributed by atoms with Gasteiger partial charge >= 0.3 is 5.97 Å². The topological polar surface area (TPSA) is 83.1 Å². The van der Waals surface area contributed by atoms with Crippen molar-refractivity contribution in [1.82, 2.24) is 0 Å². The highest BCUT2D eigenvalue weighted by Gasteiger charge is 2.16. The van der Waals surface area contributed by atoms with Gasteiger partial charge in [0.15, 0.2) is 6.10 Å². The molecule has 0 radical (unpaired) electrons. The summed E-state index contributed by atoms with van der Waals surface area (Å²) in [7, 11) is 1.58. The van der Waals surface area contributed by atoms with Gasteiger partial charge in [-0.05, 0) is 62.4 Å². The molecule has 0 aliphatic rings. The molecule has 0 aliphatic carbocycles. The Balaban J connectivity index is 1.85. The second-order valence-electron chi connectivity index (χ2n) is 5.83. The van der Waals surface area contributed by atoms with Crippen LogP contribution in [0.25, 0.3) is 0 Å². The molecule has 150 valence electrons. The van der Waals surface area contributed by atoms with E-state index in [0.29, 0.717) is 36.0 Å². The summed E-state index contributed by atoms with van der Waals surface area (Å²) in [6, 6.07) is 13.6. The van der Waals surface area contributed by atoms with Crippen LogP contribution >= 0.6 is 0 Å². The summed E-state index contributed by atoms with van der Waals surface area (Å²) < 4.78 is 20.8. The van der Waals surface area contributed by atoms with Crippen LogP contribution in [0, 0.1) is 0 Å². The van der Waals surface area contributed by atoms with Crippen molar-refractivity contribution in [3.8, 4) is 11.5 Å². The van der Waals surface area contributed by atoms with Crippen LogP contribution in [0.2, 0.25) is 0 Å². The molecule has 2 rings (SSSR count). The van der Waals surface area contributed by atoms with Crippen LogP contribution in [0.15, 0.2) is 48.5 Å². The Kier molecular flexibility index (Phi) is 8.30. The first kappa shape index (κ1) is 21.2. The number of anilines is 1. The minimum Gasteiger partial charge on any atom is -0.497 e. The summed E-state index contributed by atoms with van der Waals surface area (Å²) >= 11 is 0. The van der Waals surface area contributed by atoms with Crippen molar-refractivity contribution in [2.24, 2.45) is 0 Å². The molecule has 0 heterocycles. The molecule has 1 atom stereocenters. The Bertz CT molecular complexity index is 757. The molecule has 2 aromatic carbocycles. The predicted octanol–water partition coefficient (Wildman–Crippen LogP) is 3.29. The number of ether oxygens (including phenoxy) is 4. The number of hydrogen-bond acceptors (Lipinski definition) is 6. The third-order valence-electron chi connectivity index (χ3n) is 3.79. The average molecular weight is 387 g/mol. The maximum Gasteiger partial charge on any atom is 0.347 e. The minimum absolute atomic E-state index is 0.185. The molecule has 7 heteroatoms. The number of carbonyl (C=O) groups is 2. The summed E-state index contributed by atoms with van der Waals surface area (Å²) in [4.78, 5) is 24.2. The van der Waals surface area contributed by atoms with Crippen LogP contribution in [-0.2, 0) is 14.3 Å². The Labute approximate surface area is 164 Å². The van der Waals surface area contributed by atoms with Crippen LogP contribution in [0.3, 0.4) is 0 Å². The fourth-order valence-corrected chi connectivity index (χ4v) is 2.28. The second-order valence-corrected chi connectivity index (χ2v) is 5.83. The molecule has 28 heavy (non-hydrogen) atoms.